The molecule has 8 nitrogen and oxygen atoms in total. The molecule has 0 bridgehead atoms. The van der Waals surface area contributed by atoms with E-state index in [2.05, 4.69) is 66.0 Å². The fourth-order valence-corrected chi connectivity index (χ4v) is 10.4. The van der Waals surface area contributed by atoms with Crippen molar-refractivity contribution in [3.63, 3.8) is 0 Å². The van der Waals surface area contributed by atoms with E-state index in [1.54, 1.807) is 0 Å². The second-order valence-electron chi connectivity index (χ2n) is 15.9. The highest BCUT2D eigenvalue weighted by Crippen LogP contribution is 2.37. The first-order chi connectivity index (χ1) is 18.5. The molecule has 3 saturated heterocycles. The highest BCUT2D eigenvalue weighted by atomic mass is 28.2. The quantitative estimate of drug-likeness (QED) is 0.341. The van der Waals surface area contributed by atoms with Gasteiger partial charge in [-0.15, -0.1) is 0 Å². The Morgan fingerprint density at radius 3 is 1.57 bits per heavy atom. The van der Waals surface area contributed by atoms with Gasteiger partial charge < -0.3 is 29.6 Å². The second-order valence-corrected chi connectivity index (χ2v) is 18.2. The van der Waals surface area contributed by atoms with Crippen molar-refractivity contribution in [2.75, 3.05) is 13.2 Å². The SMILES string of the molecule is CC1(C)CC(OC(=O)C2CCC([SiH2]CC3COC(C(=O)OC4CC(C)(C)NC(C)(C)C4)OC3)CC2)CC(C)(C)N1. The fraction of sp³-hybridized carbons (Fsp3) is 0.935. The van der Waals surface area contributed by atoms with E-state index in [0.717, 1.165) is 63.0 Å². The lowest BCUT2D eigenvalue weighted by Crippen LogP contribution is -2.60. The Kier molecular flexibility index (Phi) is 9.82. The minimum Gasteiger partial charge on any atom is -0.462 e. The highest BCUT2D eigenvalue weighted by Gasteiger charge is 2.42. The van der Waals surface area contributed by atoms with Crippen LogP contribution < -0.4 is 10.6 Å². The lowest BCUT2D eigenvalue weighted by Gasteiger charge is -2.46. The van der Waals surface area contributed by atoms with E-state index in [0.29, 0.717) is 19.1 Å². The van der Waals surface area contributed by atoms with Crippen LogP contribution in [0.15, 0.2) is 0 Å². The number of piperidine rings is 2. The van der Waals surface area contributed by atoms with Crippen LogP contribution in [0.25, 0.3) is 0 Å². The summed E-state index contributed by atoms with van der Waals surface area (Å²) in [6, 6.07) is 1.15. The summed E-state index contributed by atoms with van der Waals surface area (Å²) in [6.07, 6.45) is 6.38. The Morgan fingerprint density at radius 2 is 1.12 bits per heavy atom. The van der Waals surface area contributed by atoms with Crippen molar-refractivity contribution in [3.8, 4) is 0 Å². The van der Waals surface area contributed by atoms with Gasteiger partial charge in [0.1, 0.15) is 12.2 Å². The lowest BCUT2D eigenvalue weighted by molar-refractivity contribution is -0.225. The molecule has 0 aromatic rings. The first-order valence-corrected chi connectivity index (χ1v) is 17.5. The molecule has 0 amide bonds. The van der Waals surface area contributed by atoms with Gasteiger partial charge in [-0.1, -0.05) is 24.4 Å². The van der Waals surface area contributed by atoms with Crippen LogP contribution in [0.3, 0.4) is 0 Å². The van der Waals surface area contributed by atoms with Crippen LogP contribution >= 0.6 is 0 Å². The van der Waals surface area contributed by atoms with Crippen LogP contribution in [0.5, 0.6) is 0 Å². The van der Waals surface area contributed by atoms with Gasteiger partial charge in [-0.3, -0.25) is 4.79 Å². The molecule has 1 saturated carbocycles. The molecule has 4 aliphatic rings. The van der Waals surface area contributed by atoms with E-state index < -0.39 is 12.3 Å². The highest BCUT2D eigenvalue weighted by molar-refractivity contribution is 6.37. The molecule has 9 heteroatoms. The number of nitrogens with one attached hydrogen (secondary N) is 2. The van der Waals surface area contributed by atoms with Gasteiger partial charge >= 0.3 is 11.9 Å². The molecule has 1 aliphatic carbocycles. The molecule has 0 atom stereocenters. The van der Waals surface area contributed by atoms with Gasteiger partial charge in [-0.25, -0.2) is 4.79 Å². The maximum atomic E-state index is 13.0. The molecule has 4 rings (SSSR count). The molecule has 3 aliphatic heterocycles. The van der Waals surface area contributed by atoms with Crippen LogP contribution in [0, 0.1) is 11.8 Å². The predicted octanol–water partition coefficient (Wildman–Crippen LogP) is 4.25. The molecule has 0 unspecified atom stereocenters. The third-order valence-corrected chi connectivity index (χ3v) is 12.0. The number of hydrogen-bond acceptors (Lipinski definition) is 8. The van der Waals surface area contributed by atoms with E-state index >= 15 is 0 Å². The standard InChI is InChI=1S/C31H56N2O6Si/c1-28(2)13-22(14-29(3,4)32-28)38-25(34)21-9-11-24(12-10-21)40-19-20-17-36-27(37-18-20)26(35)39-23-15-30(5,6)33-31(7,8)16-23/h20-24,27,32-33H,9-19,40H2,1-8H3. The number of esters is 2. The zero-order chi connectivity index (χ0) is 29.3. The monoisotopic (exact) mass is 580 g/mol. The Balaban J connectivity index is 1.12. The van der Waals surface area contributed by atoms with Gasteiger partial charge in [0.05, 0.1) is 19.1 Å². The van der Waals surface area contributed by atoms with E-state index in [-0.39, 0.29) is 55.8 Å². The van der Waals surface area contributed by atoms with Gasteiger partial charge in [-0.2, -0.15) is 0 Å². The van der Waals surface area contributed by atoms with Gasteiger partial charge in [0, 0.05) is 63.3 Å². The maximum Gasteiger partial charge on any atom is 0.363 e. The Morgan fingerprint density at radius 1 is 0.700 bits per heavy atom. The number of rotatable bonds is 7. The summed E-state index contributed by atoms with van der Waals surface area (Å²) >= 11 is 0. The van der Waals surface area contributed by atoms with Crippen LogP contribution in [-0.2, 0) is 28.5 Å². The van der Waals surface area contributed by atoms with Crippen molar-refractivity contribution < 1.29 is 28.5 Å². The normalized spacial score (nSPS) is 34.4. The summed E-state index contributed by atoms with van der Waals surface area (Å²) < 4.78 is 23.5. The number of ether oxygens (including phenoxy) is 4. The molecule has 3 heterocycles. The van der Waals surface area contributed by atoms with Gasteiger partial charge in [0.15, 0.2) is 0 Å². The predicted molar refractivity (Wildman–Crippen MR) is 159 cm³/mol. The Labute approximate surface area is 244 Å². The summed E-state index contributed by atoms with van der Waals surface area (Å²) in [6.45, 7) is 18.4. The molecule has 40 heavy (non-hydrogen) atoms. The van der Waals surface area contributed by atoms with Crippen LogP contribution in [0.1, 0.15) is 107 Å². The van der Waals surface area contributed by atoms with Crippen molar-refractivity contribution in [2.24, 2.45) is 11.8 Å². The third-order valence-electron chi connectivity index (χ3n) is 9.19. The molecule has 4 fully saturated rings. The van der Waals surface area contributed by atoms with Gasteiger partial charge in [0.2, 0.25) is 0 Å². The van der Waals surface area contributed by atoms with Gasteiger partial charge in [0.25, 0.3) is 6.29 Å². The van der Waals surface area contributed by atoms with Crippen molar-refractivity contribution in [2.45, 2.75) is 159 Å². The fourth-order valence-electron chi connectivity index (χ4n) is 8.11. The Bertz CT molecular complexity index is 786. The van der Waals surface area contributed by atoms with Gasteiger partial charge in [-0.05, 0) is 68.2 Å². The molecule has 0 aromatic heterocycles. The first kappa shape index (κ1) is 31.9. The molecule has 230 valence electrons. The average Bonchev–Trinajstić information content (AvgIpc) is 2.79. The molecular formula is C31H56N2O6Si. The van der Waals surface area contributed by atoms with Crippen LogP contribution in [0.4, 0.5) is 0 Å². The second kappa shape index (κ2) is 12.3. The minimum atomic E-state index is -0.906. The van der Waals surface area contributed by atoms with Crippen molar-refractivity contribution in [1.29, 1.82) is 0 Å². The van der Waals surface area contributed by atoms with Crippen molar-refractivity contribution in [1.82, 2.24) is 10.6 Å². The summed E-state index contributed by atoms with van der Waals surface area (Å²) in [5.74, 6) is 0.0237. The average molecular weight is 581 g/mol. The summed E-state index contributed by atoms with van der Waals surface area (Å²) in [4.78, 5) is 25.7. The van der Waals surface area contributed by atoms with Crippen molar-refractivity contribution in [3.05, 3.63) is 0 Å². The third kappa shape index (κ3) is 9.25. The summed E-state index contributed by atoms with van der Waals surface area (Å²) in [7, 11) is -0.308. The smallest absolute Gasteiger partial charge is 0.363 e. The molecule has 0 spiro atoms. The number of carbonyl (C=O) groups excluding carboxylic acids is 2. The molecular weight excluding hydrogens is 524 g/mol. The Hall–Kier alpha value is -1.00. The van der Waals surface area contributed by atoms with E-state index in [1.807, 2.05) is 0 Å². The largest absolute Gasteiger partial charge is 0.462 e. The number of carbonyl (C=O) groups is 2. The molecule has 2 N–H and O–H groups in total. The zero-order valence-electron chi connectivity index (χ0n) is 26.4. The minimum absolute atomic E-state index is 0.00313. The maximum absolute atomic E-state index is 13.0. The van der Waals surface area contributed by atoms with Crippen molar-refractivity contribution >= 4 is 21.5 Å². The molecule has 0 radical (unpaired) electrons. The lowest BCUT2D eigenvalue weighted by atomic mass is 9.81. The van der Waals surface area contributed by atoms with E-state index in [4.69, 9.17) is 18.9 Å². The zero-order valence-corrected chi connectivity index (χ0v) is 27.8. The first-order valence-electron chi connectivity index (χ1n) is 15.7. The van der Waals surface area contributed by atoms with Crippen LogP contribution in [-0.4, -0.2) is 75.3 Å². The summed E-state index contributed by atoms with van der Waals surface area (Å²) in [5, 5.41) is 7.28. The number of hydrogen-bond donors (Lipinski definition) is 2. The molecule has 0 aromatic carbocycles. The van der Waals surface area contributed by atoms with Crippen LogP contribution in [0.2, 0.25) is 11.6 Å². The topological polar surface area (TPSA) is 95.1 Å². The summed E-state index contributed by atoms with van der Waals surface area (Å²) in [5.41, 5.74) is 0.541. The van der Waals surface area contributed by atoms with E-state index in [1.165, 1.54) is 0 Å². The van der Waals surface area contributed by atoms with E-state index in [9.17, 15) is 9.59 Å².